The highest BCUT2D eigenvalue weighted by Crippen LogP contribution is 2.12. The fourth-order valence-corrected chi connectivity index (χ4v) is 5.27. The number of carbonyl (C=O) groups excluding carboxylic acids is 1. The van der Waals surface area contributed by atoms with Crippen molar-refractivity contribution in [1.29, 1.82) is 0 Å². The zero-order valence-corrected chi connectivity index (χ0v) is 31.9. The summed E-state index contributed by atoms with van der Waals surface area (Å²) in [6, 6.07) is 0. The zero-order chi connectivity index (χ0) is 35.6. The van der Waals surface area contributed by atoms with Crippen LogP contribution in [0.3, 0.4) is 0 Å². The summed E-state index contributed by atoms with van der Waals surface area (Å²) in [6.45, 7) is 5.08. The molecule has 0 spiro atoms. The summed E-state index contributed by atoms with van der Waals surface area (Å²) >= 11 is 0. The summed E-state index contributed by atoms with van der Waals surface area (Å²) in [5.41, 5.74) is 0. The summed E-state index contributed by atoms with van der Waals surface area (Å²) in [5, 5.41) is 9.58. The van der Waals surface area contributed by atoms with Gasteiger partial charge in [0.2, 0.25) is 0 Å². The van der Waals surface area contributed by atoms with E-state index in [9.17, 15) is 9.90 Å². The molecule has 0 aromatic rings. The first-order valence-electron chi connectivity index (χ1n) is 20.2. The third kappa shape index (κ3) is 39.9. The number of hydrogen-bond donors (Lipinski definition) is 1. The number of carbonyl (C=O) groups is 1. The lowest BCUT2D eigenvalue weighted by Gasteiger charge is -2.15. The van der Waals surface area contributed by atoms with Crippen LogP contribution in [0, 0.1) is 0 Å². The predicted octanol–water partition coefficient (Wildman–Crippen LogP) is 13.2. The molecule has 0 rings (SSSR count). The topological polar surface area (TPSA) is 55.8 Å². The van der Waals surface area contributed by atoms with Crippen LogP contribution in [0.4, 0.5) is 0 Å². The average Bonchev–Trinajstić information content (AvgIpc) is 3.11. The summed E-state index contributed by atoms with van der Waals surface area (Å²) in [7, 11) is 0. The molecule has 0 aliphatic rings. The number of hydrogen-bond acceptors (Lipinski definition) is 4. The van der Waals surface area contributed by atoms with Crippen LogP contribution >= 0.6 is 0 Å². The number of esters is 1. The van der Waals surface area contributed by atoms with Crippen molar-refractivity contribution in [3.63, 3.8) is 0 Å². The summed E-state index contributed by atoms with van der Waals surface area (Å²) in [6.07, 6.45) is 57.8. The second kappa shape index (κ2) is 41.7. The van der Waals surface area contributed by atoms with Gasteiger partial charge in [0.15, 0.2) is 0 Å². The molecule has 0 saturated carbocycles. The minimum atomic E-state index is -0.551. The number of allylic oxidation sites excluding steroid dienone is 14. The van der Waals surface area contributed by atoms with E-state index in [2.05, 4.69) is 98.9 Å². The molecule has 1 unspecified atom stereocenters. The van der Waals surface area contributed by atoms with Crippen molar-refractivity contribution in [2.75, 3.05) is 19.8 Å². The molecule has 1 N–H and O–H groups in total. The van der Waals surface area contributed by atoms with Gasteiger partial charge in [0.1, 0.15) is 6.10 Å². The molecule has 0 saturated heterocycles. The zero-order valence-electron chi connectivity index (χ0n) is 31.9. The van der Waals surface area contributed by atoms with E-state index in [-0.39, 0.29) is 19.2 Å². The molecule has 0 aliphatic carbocycles. The molecule has 0 aromatic heterocycles. The standard InChI is InChI=1S/C45H76O4/c1-3-5-7-9-11-13-15-17-19-20-21-22-23-24-25-27-29-31-33-35-37-39-41-48-43-44(42-46)49-45(47)40-38-36-34-32-30-28-26-18-16-14-12-10-8-6-4-2/h5-8,11-14,17-19,21-22,26,44,46H,3-4,9-10,15-16,20,23-25,27-43H2,1-2H3/b7-5-,8-6-,13-11-,14-12-,19-17-,22-21-,26-18-. The van der Waals surface area contributed by atoms with Crippen molar-refractivity contribution in [2.24, 2.45) is 0 Å². The SMILES string of the molecule is CC/C=C\C/C=C\C/C=C\C/C=C\CCCCCCCCCCCOCC(CO)OC(=O)CCCCCCC/C=C\C/C=C\C/C=C\CC. The van der Waals surface area contributed by atoms with Crippen molar-refractivity contribution >= 4 is 5.97 Å². The summed E-state index contributed by atoms with van der Waals surface area (Å²) < 4.78 is 11.1. The Morgan fingerprint density at radius 2 is 0.857 bits per heavy atom. The predicted molar refractivity (Wildman–Crippen MR) is 214 cm³/mol. The Hall–Kier alpha value is -2.43. The second-order valence-electron chi connectivity index (χ2n) is 12.9. The molecule has 280 valence electrons. The van der Waals surface area contributed by atoms with E-state index in [0.29, 0.717) is 13.0 Å². The minimum Gasteiger partial charge on any atom is -0.457 e. The number of aliphatic hydroxyl groups is 1. The first-order chi connectivity index (χ1) is 24.2. The summed E-state index contributed by atoms with van der Waals surface area (Å²) in [5.74, 6) is -0.224. The van der Waals surface area contributed by atoms with Gasteiger partial charge in [0.25, 0.3) is 0 Å². The normalized spacial score (nSPS) is 13.3. The molecule has 0 bridgehead atoms. The van der Waals surface area contributed by atoms with Gasteiger partial charge in [-0.1, -0.05) is 163 Å². The second-order valence-corrected chi connectivity index (χ2v) is 12.9. The fourth-order valence-electron chi connectivity index (χ4n) is 5.27. The van der Waals surface area contributed by atoms with Gasteiger partial charge in [0, 0.05) is 13.0 Å². The van der Waals surface area contributed by atoms with E-state index in [1.54, 1.807) is 0 Å². The highest BCUT2D eigenvalue weighted by atomic mass is 16.6. The van der Waals surface area contributed by atoms with Gasteiger partial charge in [-0.25, -0.2) is 0 Å². The van der Waals surface area contributed by atoms with Gasteiger partial charge >= 0.3 is 5.97 Å². The Bertz CT molecular complexity index is 892. The fraction of sp³-hybridized carbons (Fsp3) is 0.667. The van der Waals surface area contributed by atoms with Gasteiger partial charge in [-0.15, -0.1) is 0 Å². The molecule has 0 amide bonds. The maximum absolute atomic E-state index is 12.2. The quantitative estimate of drug-likeness (QED) is 0.0406. The van der Waals surface area contributed by atoms with Crippen LogP contribution in [0.15, 0.2) is 85.1 Å². The largest absolute Gasteiger partial charge is 0.457 e. The molecule has 0 aliphatic heterocycles. The van der Waals surface area contributed by atoms with Crippen LogP contribution in [-0.4, -0.2) is 37.0 Å². The highest BCUT2D eigenvalue weighted by molar-refractivity contribution is 5.69. The molecule has 0 aromatic carbocycles. The maximum atomic E-state index is 12.2. The van der Waals surface area contributed by atoms with Crippen LogP contribution in [0.1, 0.15) is 168 Å². The lowest BCUT2D eigenvalue weighted by Crippen LogP contribution is -2.27. The Morgan fingerprint density at radius 3 is 1.29 bits per heavy atom. The first kappa shape index (κ1) is 46.6. The Balaban J connectivity index is 3.50. The molecular formula is C45H76O4. The van der Waals surface area contributed by atoms with E-state index in [4.69, 9.17) is 9.47 Å². The van der Waals surface area contributed by atoms with Gasteiger partial charge < -0.3 is 14.6 Å². The molecule has 0 radical (unpaired) electrons. The van der Waals surface area contributed by atoms with Crippen LogP contribution < -0.4 is 0 Å². The van der Waals surface area contributed by atoms with Crippen molar-refractivity contribution < 1.29 is 19.4 Å². The lowest BCUT2D eigenvalue weighted by atomic mass is 10.1. The Labute approximate surface area is 303 Å². The Morgan fingerprint density at radius 1 is 0.490 bits per heavy atom. The van der Waals surface area contributed by atoms with Gasteiger partial charge in [0.05, 0.1) is 13.2 Å². The van der Waals surface area contributed by atoms with Gasteiger partial charge in [-0.2, -0.15) is 0 Å². The molecular weight excluding hydrogens is 604 g/mol. The van der Waals surface area contributed by atoms with E-state index >= 15 is 0 Å². The van der Waals surface area contributed by atoms with E-state index < -0.39 is 6.10 Å². The first-order valence-corrected chi connectivity index (χ1v) is 20.2. The van der Waals surface area contributed by atoms with Crippen LogP contribution in [-0.2, 0) is 14.3 Å². The molecule has 0 heterocycles. The molecule has 0 fully saturated rings. The van der Waals surface area contributed by atoms with Crippen molar-refractivity contribution in [2.45, 2.75) is 174 Å². The third-order valence-corrected chi connectivity index (χ3v) is 8.22. The molecule has 49 heavy (non-hydrogen) atoms. The minimum absolute atomic E-state index is 0.186. The van der Waals surface area contributed by atoms with E-state index in [1.165, 1.54) is 70.6 Å². The lowest BCUT2D eigenvalue weighted by molar-refractivity contribution is -0.154. The van der Waals surface area contributed by atoms with Gasteiger partial charge in [-0.05, 0) is 83.5 Å². The molecule has 1 atom stereocenters. The van der Waals surface area contributed by atoms with Gasteiger partial charge in [-0.3, -0.25) is 4.79 Å². The Kier molecular flexibility index (Phi) is 39.7. The third-order valence-electron chi connectivity index (χ3n) is 8.22. The van der Waals surface area contributed by atoms with E-state index in [0.717, 1.165) is 77.0 Å². The number of rotatable bonds is 36. The maximum Gasteiger partial charge on any atom is 0.306 e. The van der Waals surface area contributed by atoms with Crippen molar-refractivity contribution in [3.8, 4) is 0 Å². The van der Waals surface area contributed by atoms with Crippen LogP contribution in [0.25, 0.3) is 0 Å². The average molecular weight is 681 g/mol. The van der Waals surface area contributed by atoms with Crippen LogP contribution in [0.5, 0.6) is 0 Å². The molecule has 4 nitrogen and oxygen atoms in total. The van der Waals surface area contributed by atoms with E-state index in [1.807, 2.05) is 0 Å². The number of ether oxygens (including phenoxy) is 2. The molecule has 4 heteroatoms. The summed E-state index contributed by atoms with van der Waals surface area (Å²) in [4.78, 5) is 12.2. The number of aliphatic hydroxyl groups excluding tert-OH is 1. The van der Waals surface area contributed by atoms with Crippen LogP contribution in [0.2, 0.25) is 0 Å². The van der Waals surface area contributed by atoms with Crippen molar-refractivity contribution in [3.05, 3.63) is 85.1 Å². The van der Waals surface area contributed by atoms with Crippen molar-refractivity contribution in [1.82, 2.24) is 0 Å². The smallest absolute Gasteiger partial charge is 0.306 e. The monoisotopic (exact) mass is 681 g/mol. The highest BCUT2D eigenvalue weighted by Gasteiger charge is 2.13. The number of unbranched alkanes of at least 4 members (excludes halogenated alkanes) is 14.